The summed E-state index contributed by atoms with van der Waals surface area (Å²) in [5, 5.41) is 10.9. The first kappa shape index (κ1) is 16.1. The molecule has 0 aliphatic rings. The van der Waals surface area contributed by atoms with Crippen molar-refractivity contribution in [3.05, 3.63) is 76.7 Å². The predicted octanol–water partition coefficient (Wildman–Crippen LogP) is 4.71. The first-order chi connectivity index (χ1) is 11.4. The van der Waals surface area contributed by atoms with Crippen LogP contribution >= 0.6 is 0 Å². The van der Waals surface area contributed by atoms with Crippen LogP contribution in [0.4, 0.5) is 0 Å². The standard InChI is InChI=1S/C21H21NO2/c1-21(2,3)15-12-17(14-8-5-4-6-9-14)19(23)18(13-15)16-10-7-11-22-20(16)24/h4-13,23H,1-3H3,(H,22,24). The molecule has 0 saturated heterocycles. The van der Waals surface area contributed by atoms with Crippen molar-refractivity contribution >= 4 is 0 Å². The van der Waals surface area contributed by atoms with Gasteiger partial charge < -0.3 is 10.1 Å². The molecule has 0 unspecified atom stereocenters. The second-order valence-corrected chi connectivity index (χ2v) is 6.95. The number of nitrogens with one attached hydrogen (secondary N) is 1. The molecule has 0 radical (unpaired) electrons. The van der Waals surface area contributed by atoms with E-state index in [1.807, 2.05) is 42.5 Å². The zero-order chi connectivity index (χ0) is 17.3. The van der Waals surface area contributed by atoms with E-state index in [0.717, 1.165) is 16.7 Å². The minimum absolute atomic E-state index is 0.104. The maximum Gasteiger partial charge on any atom is 0.255 e. The van der Waals surface area contributed by atoms with Gasteiger partial charge in [0.1, 0.15) is 5.75 Å². The van der Waals surface area contributed by atoms with Crippen LogP contribution in [-0.4, -0.2) is 10.1 Å². The first-order valence-electron chi connectivity index (χ1n) is 7.99. The zero-order valence-electron chi connectivity index (χ0n) is 14.1. The summed E-state index contributed by atoms with van der Waals surface area (Å²) in [5.41, 5.74) is 3.45. The number of aromatic amines is 1. The minimum Gasteiger partial charge on any atom is -0.507 e. The molecule has 24 heavy (non-hydrogen) atoms. The van der Waals surface area contributed by atoms with Gasteiger partial charge in [0.25, 0.3) is 5.56 Å². The zero-order valence-corrected chi connectivity index (χ0v) is 14.1. The van der Waals surface area contributed by atoms with Crippen LogP contribution in [0.1, 0.15) is 26.3 Å². The molecule has 122 valence electrons. The number of hydrogen-bond acceptors (Lipinski definition) is 2. The Balaban J connectivity index is 2.34. The van der Waals surface area contributed by atoms with Gasteiger partial charge in [0.15, 0.2) is 0 Å². The number of aromatic nitrogens is 1. The molecular formula is C21H21NO2. The molecule has 0 spiro atoms. The lowest BCUT2D eigenvalue weighted by molar-refractivity contribution is 0.478. The number of hydrogen-bond donors (Lipinski definition) is 2. The Hall–Kier alpha value is -2.81. The van der Waals surface area contributed by atoms with Crippen molar-refractivity contribution in [2.45, 2.75) is 26.2 Å². The Morgan fingerprint density at radius 3 is 2.17 bits per heavy atom. The number of H-pyrrole nitrogens is 1. The third kappa shape index (κ3) is 2.98. The summed E-state index contributed by atoms with van der Waals surface area (Å²) in [6.45, 7) is 6.35. The molecule has 0 atom stereocenters. The summed E-state index contributed by atoms with van der Waals surface area (Å²) >= 11 is 0. The SMILES string of the molecule is CC(C)(C)c1cc(-c2ccccc2)c(O)c(-c2ccc[nH]c2=O)c1. The summed E-state index contributed by atoms with van der Waals surface area (Å²) in [6.07, 6.45) is 1.59. The van der Waals surface area contributed by atoms with Gasteiger partial charge in [-0.2, -0.15) is 0 Å². The van der Waals surface area contributed by atoms with Gasteiger partial charge in [0.2, 0.25) is 0 Å². The van der Waals surface area contributed by atoms with Gasteiger partial charge in [-0.3, -0.25) is 4.79 Å². The number of phenols is 1. The van der Waals surface area contributed by atoms with Crippen LogP contribution in [0, 0.1) is 0 Å². The van der Waals surface area contributed by atoms with E-state index < -0.39 is 0 Å². The van der Waals surface area contributed by atoms with E-state index in [2.05, 4.69) is 25.8 Å². The molecule has 1 aromatic heterocycles. The lowest BCUT2D eigenvalue weighted by atomic mass is 9.83. The highest BCUT2D eigenvalue weighted by atomic mass is 16.3. The van der Waals surface area contributed by atoms with Crippen molar-refractivity contribution < 1.29 is 5.11 Å². The van der Waals surface area contributed by atoms with Crippen LogP contribution in [0.2, 0.25) is 0 Å². The molecule has 3 nitrogen and oxygen atoms in total. The van der Waals surface area contributed by atoms with Crippen molar-refractivity contribution in [3.63, 3.8) is 0 Å². The molecule has 0 bridgehead atoms. The molecule has 2 N–H and O–H groups in total. The molecular weight excluding hydrogens is 298 g/mol. The smallest absolute Gasteiger partial charge is 0.255 e. The lowest BCUT2D eigenvalue weighted by Gasteiger charge is -2.22. The van der Waals surface area contributed by atoms with Crippen LogP contribution in [-0.2, 0) is 5.41 Å². The Morgan fingerprint density at radius 1 is 0.875 bits per heavy atom. The summed E-state index contributed by atoms with van der Waals surface area (Å²) in [7, 11) is 0. The maximum absolute atomic E-state index is 12.2. The fraction of sp³-hybridized carbons (Fsp3) is 0.190. The second-order valence-electron chi connectivity index (χ2n) is 6.95. The Morgan fingerprint density at radius 2 is 1.54 bits per heavy atom. The second kappa shape index (κ2) is 6.00. The molecule has 0 aliphatic heterocycles. The van der Waals surface area contributed by atoms with E-state index in [-0.39, 0.29) is 16.7 Å². The highest BCUT2D eigenvalue weighted by Gasteiger charge is 2.21. The predicted molar refractivity (Wildman–Crippen MR) is 98.3 cm³/mol. The van der Waals surface area contributed by atoms with Crippen molar-refractivity contribution in [2.24, 2.45) is 0 Å². The van der Waals surface area contributed by atoms with Gasteiger partial charge in [-0.25, -0.2) is 0 Å². The first-order valence-corrected chi connectivity index (χ1v) is 7.99. The number of aromatic hydroxyl groups is 1. The van der Waals surface area contributed by atoms with Crippen molar-refractivity contribution in [3.8, 4) is 28.0 Å². The average Bonchev–Trinajstić information content (AvgIpc) is 2.55. The Bertz CT molecular complexity index is 919. The van der Waals surface area contributed by atoms with Gasteiger partial charge in [0, 0.05) is 17.3 Å². The largest absolute Gasteiger partial charge is 0.507 e. The van der Waals surface area contributed by atoms with Gasteiger partial charge in [-0.05, 0) is 40.8 Å². The number of phenolic OH excluding ortho intramolecular Hbond substituents is 1. The van der Waals surface area contributed by atoms with Crippen molar-refractivity contribution in [1.29, 1.82) is 0 Å². The van der Waals surface area contributed by atoms with Crippen molar-refractivity contribution in [1.82, 2.24) is 4.98 Å². The molecule has 2 aromatic carbocycles. The summed E-state index contributed by atoms with van der Waals surface area (Å²) in [5.74, 6) is 0.130. The Kier molecular flexibility index (Phi) is 4.02. The molecule has 1 heterocycles. The maximum atomic E-state index is 12.2. The van der Waals surface area contributed by atoms with Crippen LogP contribution in [0.15, 0.2) is 65.6 Å². The van der Waals surface area contributed by atoms with E-state index >= 15 is 0 Å². The van der Waals surface area contributed by atoms with E-state index in [1.54, 1.807) is 18.3 Å². The number of pyridine rings is 1. The van der Waals surface area contributed by atoms with Gasteiger partial charge in [0.05, 0.1) is 5.56 Å². The van der Waals surface area contributed by atoms with Crippen LogP contribution < -0.4 is 5.56 Å². The van der Waals surface area contributed by atoms with E-state index in [9.17, 15) is 9.90 Å². The minimum atomic E-state index is -0.210. The quantitative estimate of drug-likeness (QED) is 0.718. The molecule has 0 amide bonds. The average molecular weight is 319 g/mol. The molecule has 3 aromatic rings. The van der Waals surface area contributed by atoms with Crippen LogP contribution in [0.25, 0.3) is 22.3 Å². The monoisotopic (exact) mass is 319 g/mol. The van der Waals surface area contributed by atoms with Crippen LogP contribution in [0.3, 0.4) is 0 Å². The van der Waals surface area contributed by atoms with Gasteiger partial charge >= 0.3 is 0 Å². The van der Waals surface area contributed by atoms with Gasteiger partial charge in [-0.15, -0.1) is 0 Å². The lowest BCUT2D eigenvalue weighted by Crippen LogP contribution is -2.13. The van der Waals surface area contributed by atoms with E-state index in [0.29, 0.717) is 11.1 Å². The highest BCUT2D eigenvalue weighted by molar-refractivity contribution is 5.82. The van der Waals surface area contributed by atoms with Crippen molar-refractivity contribution in [2.75, 3.05) is 0 Å². The summed E-state index contributed by atoms with van der Waals surface area (Å²) < 4.78 is 0. The summed E-state index contributed by atoms with van der Waals surface area (Å²) in [4.78, 5) is 14.9. The highest BCUT2D eigenvalue weighted by Crippen LogP contribution is 2.40. The van der Waals surface area contributed by atoms with E-state index in [4.69, 9.17) is 0 Å². The fourth-order valence-electron chi connectivity index (χ4n) is 2.74. The fourth-order valence-corrected chi connectivity index (χ4v) is 2.74. The molecule has 0 saturated carbocycles. The van der Waals surface area contributed by atoms with Crippen LogP contribution in [0.5, 0.6) is 5.75 Å². The molecule has 0 aliphatic carbocycles. The normalized spacial score (nSPS) is 11.5. The molecule has 3 heteroatoms. The third-order valence-corrected chi connectivity index (χ3v) is 4.17. The topological polar surface area (TPSA) is 53.1 Å². The van der Waals surface area contributed by atoms with E-state index in [1.165, 1.54) is 0 Å². The summed E-state index contributed by atoms with van der Waals surface area (Å²) in [6, 6.07) is 17.1. The molecule has 0 fully saturated rings. The number of rotatable bonds is 2. The molecule has 3 rings (SSSR count). The third-order valence-electron chi connectivity index (χ3n) is 4.17. The number of benzene rings is 2. The Labute approximate surface area is 141 Å². The van der Waals surface area contributed by atoms with Gasteiger partial charge in [-0.1, -0.05) is 51.1 Å².